The van der Waals surface area contributed by atoms with Gasteiger partial charge >= 0.3 is 5.97 Å². The first-order chi connectivity index (χ1) is 15.0. The summed E-state index contributed by atoms with van der Waals surface area (Å²) in [6.07, 6.45) is 2.72. The number of likely N-dealkylation sites (tertiary alicyclic amines) is 1. The lowest BCUT2D eigenvalue weighted by Crippen LogP contribution is -2.40. The van der Waals surface area contributed by atoms with Crippen LogP contribution in [0.25, 0.3) is 10.8 Å². The van der Waals surface area contributed by atoms with Crippen LogP contribution in [-0.4, -0.2) is 46.7 Å². The van der Waals surface area contributed by atoms with E-state index in [1.165, 1.54) is 31.4 Å². The Morgan fingerprint density at radius 1 is 0.839 bits per heavy atom. The summed E-state index contributed by atoms with van der Waals surface area (Å²) in [5.74, 6) is -1.11. The van der Waals surface area contributed by atoms with Crippen molar-refractivity contribution in [2.45, 2.75) is 25.4 Å². The molecule has 0 aliphatic carbocycles. The van der Waals surface area contributed by atoms with E-state index in [1.54, 1.807) is 12.1 Å². The molecule has 1 amide bonds. The number of carboxylic acids is 1. The Morgan fingerprint density at radius 3 is 2.19 bits per heavy atom. The molecule has 6 nitrogen and oxygen atoms in total. The fourth-order valence-corrected chi connectivity index (χ4v) is 3.98. The number of nitrogens with zero attached hydrogens (tertiary/aromatic N) is 1. The van der Waals surface area contributed by atoms with Gasteiger partial charge in [0.1, 0.15) is 6.10 Å². The predicted octanol–water partition coefficient (Wildman–Crippen LogP) is 3.79. The van der Waals surface area contributed by atoms with Crippen LogP contribution in [0.3, 0.4) is 0 Å². The third kappa shape index (κ3) is 4.93. The van der Waals surface area contributed by atoms with E-state index >= 15 is 0 Å². The van der Waals surface area contributed by atoms with Gasteiger partial charge in [0.15, 0.2) is 0 Å². The van der Waals surface area contributed by atoms with Gasteiger partial charge in [0.25, 0.3) is 5.91 Å². The number of aliphatic hydroxyl groups excluding tert-OH is 1. The predicted molar refractivity (Wildman–Crippen MR) is 119 cm³/mol. The van der Waals surface area contributed by atoms with Gasteiger partial charge in [-0.1, -0.05) is 36.8 Å². The molecule has 3 N–H and O–H groups in total. The summed E-state index contributed by atoms with van der Waals surface area (Å²) in [5.41, 5.74) is 2.05. The maximum atomic E-state index is 12.6. The van der Waals surface area contributed by atoms with E-state index in [0.717, 1.165) is 23.9 Å². The number of nitrogens with one attached hydrogen (secondary N) is 1. The van der Waals surface area contributed by atoms with Crippen LogP contribution >= 0.6 is 0 Å². The normalized spacial score (nSPS) is 15.5. The number of carbonyl (C=O) groups is 2. The van der Waals surface area contributed by atoms with Gasteiger partial charge in [0, 0.05) is 5.56 Å². The molecule has 1 aliphatic heterocycles. The topological polar surface area (TPSA) is 89.9 Å². The van der Waals surface area contributed by atoms with Crippen molar-refractivity contribution in [2.24, 2.45) is 0 Å². The standard InChI is InChI=1S/C25H26N2O4/c28-23(18-6-8-19(9-7-18)25(30)31)20-10-4-17-5-11-21(15-22(17)14-20)24(29)26-16-27-12-2-1-3-13-27/h4-11,14-15,23,28H,1-3,12-13,16H2,(H,26,29)(H,30,31). The monoisotopic (exact) mass is 418 g/mol. The summed E-state index contributed by atoms with van der Waals surface area (Å²) in [6, 6.07) is 17.4. The van der Waals surface area contributed by atoms with E-state index in [-0.39, 0.29) is 11.5 Å². The summed E-state index contributed by atoms with van der Waals surface area (Å²) in [4.78, 5) is 25.9. The number of aromatic carboxylic acids is 1. The van der Waals surface area contributed by atoms with Crippen LogP contribution in [0.2, 0.25) is 0 Å². The highest BCUT2D eigenvalue weighted by atomic mass is 16.4. The van der Waals surface area contributed by atoms with Crippen LogP contribution in [0, 0.1) is 0 Å². The summed E-state index contributed by atoms with van der Waals surface area (Å²) in [7, 11) is 0. The van der Waals surface area contributed by atoms with Crippen LogP contribution < -0.4 is 5.32 Å². The molecule has 0 saturated carbocycles. The Morgan fingerprint density at radius 2 is 1.48 bits per heavy atom. The molecule has 31 heavy (non-hydrogen) atoms. The average Bonchev–Trinajstić information content (AvgIpc) is 2.82. The average molecular weight is 418 g/mol. The molecule has 160 valence electrons. The van der Waals surface area contributed by atoms with Crippen molar-refractivity contribution in [3.05, 3.63) is 82.9 Å². The molecule has 1 unspecified atom stereocenters. The van der Waals surface area contributed by atoms with Crippen molar-refractivity contribution in [1.29, 1.82) is 0 Å². The number of hydrogen-bond acceptors (Lipinski definition) is 4. The molecule has 1 fully saturated rings. The third-order valence-electron chi connectivity index (χ3n) is 5.83. The van der Waals surface area contributed by atoms with Crippen molar-refractivity contribution in [2.75, 3.05) is 19.8 Å². The molecule has 6 heteroatoms. The highest BCUT2D eigenvalue weighted by Gasteiger charge is 2.14. The molecule has 1 atom stereocenters. The largest absolute Gasteiger partial charge is 0.478 e. The van der Waals surface area contributed by atoms with E-state index in [9.17, 15) is 14.7 Å². The van der Waals surface area contributed by atoms with Gasteiger partial charge in [-0.25, -0.2) is 4.79 Å². The molecule has 3 aromatic carbocycles. The lowest BCUT2D eigenvalue weighted by atomic mass is 9.97. The number of benzene rings is 3. The number of carboxylic acid groups (broad SMARTS) is 1. The van der Waals surface area contributed by atoms with Gasteiger partial charge in [0.05, 0.1) is 12.2 Å². The second kappa shape index (κ2) is 9.29. The number of amides is 1. The smallest absolute Gasteiger partial charge is 0.335 e. The number of rotatable bonds is 6. The van der Waals surface area contributed by atoms with E-state index in [4.69, 9.17) is 5.11 Å². The van der Waals surface area contributed by atoms with Crippen molar-refractivity contribution in [3.8, 4) is 0 Å². The minimum Gasteiger partial charge on any atom is -0.478 e. The zero-order valence-corrected chi connectivity index (χ0v) is 17.3. The molecule has 0 aromatic heterocycles. The highest BCUT2D eigenvalue weighted by molar-refractivity contribution is 5.98. The fourth-order valence-electron chi connectivity index (χ4n) is 3.98. The molecule has 1 saturated heterocycles. The quantitative estimate of drug-likeness (QED) is 0.567. The number of fused-ring (bicyclic) bond motifs is 1. The minimum absolute atomic E-state index is 0.109. The lowest BCUT2D eigenvalue weighted by molar-refractivity contribution is 0.0696. The van der Waals surface area contributed by atoms with E-state index in [2.05, 4.69) is 10.2 Å². The molecule has 0 radical (unpaired) electrons. The SMILES string of the molecule is O=C(O)c1ccc(C(O)c2ccc3ccc(C(=O)NCN4CCCCC4)cc3c2)cc1. The first kappa shape index (κ1) is 21.0. The number of piperidine rings is 1. The van der Waals surface area contributed by atoms with Gasteiger partial charge in [0.2, 0.25) is 0 Å². The Balaban J connectivity index is 1.51. The molecule has 1 heterocycles. The van der Waals surface area contributed by atoms with Crippen molar-refractivity contribution < 1.29 is 19.8 Å². The van der Waals surface area contributed by atoms with Crippen LogP contribution in [0.15, 0.2) is 60.7 Å². The zero-order chi connectivity index (χ0) is 21.8. The lowest BCUT2D eigenvalue weighted by Gasteiger charge is -2.26. The third-order valence-corrected chi connectivity index (χ3v) is 5.83. The molecular formula is C25H26N2O4. The van der Waals surface area contributed by atoms with Crippen LogP contribution in [0.4, 0.5) is 0 Å². The maximum absolute atomic E-state index is 12.6. The number of hydrogen-bond donors (Lipinski definition) is 3. The Hall–Kier alpha value is -3.22. The second-order valence-electron chi connectivity index (χ2n) is 7.99. The summed E-state index contributed by atoms with van der Waals surface area (Å²) >= 11 is 0. The molecule has 1 aliphatic rings. The van der Waals surface area contributed by atoms with Gasteiger partial charge in [-0.2, -0.15) is 0 Å². The highest BCUT2D eigenvalue weighted by Crippen LogP contribution is 2.26. The van der Waals surface area contributed by atoms with Gasteiger partial charge in [-0.15, -0.1) is 0 Å². The molecule has 4 rings (SSSR count). The van der Waals surface area contributed by atoms with Crippen LogP contribution in [0.5, 0.6) is 0 Å². The first-order valence-electron chi connectivity index (χ1n) is 10.6. The van der Waals surface area contributed by atoms with E-state index < -0.39 is 12.1 Å². The maximum Gasteiger partial charge on any atom is 0.335 e. The van der Waals surface area contributed by atoms with E-state index in [1.807, 2.05) is 36.4 Å². The number of carbonyl (C=O) groups excluding carboxylic acids is 1. The molecule has 3 aromatic rings. The van der Waals surface area contributed by atoms with Crippen molar-refractivity contribution in [3.63, 3.8) is 0 Å². The Bertz CT molecular complexity index is 1090. The molecule has 0 spiro atoms. The van der Waals surface area contributed by atoms with Gasteiger partial charge < -0.3 is 15.5 Å². The van der Waals surface area contributed by atoms with E-state index in [0.29, 0.717) is 23.4 Å². The van der Waals surface area contributed by atoms with Crippen molar-refractivity contribution >= 4 is 22.6 Å². The van der Waals surface area contributed by atoms with Crippen molar-refractivity contribution in [1.82, 2.24) is 10.2 Å². The number of aliphatic hydroxyl groups is 1. The summed E-state index contributed by atoms with van der Waals surface area (Å²) in [5, 5.41) is 24.6. The molecule has 0 bridgehead atoms. The summed E-state index contributed by atoms with van der Waals surface area (Å²) in [6.45, 7) is 2.60. The van der Waals surface area contributed by atoms with Gasteiger partial charge in [-0.3, -0.25) is 9.69 Å². The second-order valence-corrected chi connectivity index (χ2v) is 7.99. The van der Waals surface area contributed by atoms with Gasteiger partial charge in [-0.05, 0) is 78.2 Å². The van der Waals surface area contributed by atoms with Crippen LogP contribution in [-0.2, 0) is 0 Å². The van der Waals surface area contributed by atoms with Crippen LogP contribution in [0.1, 0.15) is 57.2 Å². The zero-order valence-electron chi connectivity index (χ0n) is 17.3. The fraction of sp³-hybridized carbons (Fsp3) is 0.280. The summed E-state index contributed by atoms with van der Waals surface area (Å²) < 4.78 is 0. The Labute approximate surface area is 181 Å². The Kier molecular flexibility index (Phi) is 6.30. The molecular weight excluding hydrogens is 392 g/mol. The minimum atomic E-state index is -1.00. The first-order valence-corrected chi connectivity index (χ1v) is 10.6.